The Labute approximate surface area is 186 Å². The number of nitrogens with zero attached hydrogens (tertiary/aromatic N) is 1. The van der Waals surface area contributed by atoms with E-state index in [-0.39, 0.29) is 17.4 Å². The molecule has 166 valence electrons. The van der Waals surface area contributed by atoms with E-state index >= 15 is 0 Å². The van der Waals surface area contributed by atoms with Crippen LogP contribution in [0.5, 0.6) is 5.75 Å². The third-order valence-corrected chi connectivity index (χ3v) is 6.99. The second-order valence-corrected chi connectivity index (χ2v) is 9.36. The van der Waals surface area contributed by atoms with Crippen LogP contribution in [0.2, 0.25) is 0 Å². The van der Waals surface area contributed by atoms with Gasteiger partial charge < -0.3 is 4.74 Å². The lowest BCUT2D eigenvalue weighted by Crippen LogP contribution is -2.50. The first-order valence-corrected chi connectivity index (χ1v) is 12.1. The molecule has 2 atom stereocenters. The van der Waals surface area contributed by atoms with Gasteiger partial charge in [0.05, 0.1) is 4.90 Å². The summed E-state index contributed by atoms with van der Waals surface area (Å²) >= 11 is 1.54. The van der Waals surface area contributed by atoms with E-state index in [0.29, 0.717) is 17.3 Å². The number of amides is 1. The topological polar surface area (TPSA) is 118 Å². The van der Waals surface area contributed by atoms with Crippen molar-refractivity contribution in [2.75, 3.05) is 12.4 Å². The Kier molecular flexibility index (Phi) is 9.81. The lowest BCUT2D eigenvalue weighted by Gasteiger charge is -2.23. The van der Waals surface area contributed by atoms with E-state index in [1.807, 2.05) is 12.1 Å². The van der Waals surface area contributed by atoms with Crippen LogP contribution in [0.25, 0.3) is 0 Å². The maximum Gasteiger partial charge on any atom is 0.261 e. The summed E-state index contributed by atoms with van der Waals surface area (Å²) in [4.78, 5) is 16.2. The first-order chi connectivity index (χ1) is 14.9. The van der Waals surface area contributed by atoms with Gasteiger partial charge in [-0.05, 0) is 54.5 Å². The highest BCUT2D eigenvalue weighted by atomic mass is 32.2. The lowest BCUT2D eigenvalue weighted by atomic mass is 10.1. The predicted octanol–water partition coefficient (Wildman–Crippen LogP) is 2.21. The molecule has 1 aromatic heterocycles. The fourth-order valence-corrected chi connectivity index (χ4v) is 4.97. The summed E-state index contributed by atoms with van der Waals surface area (Å²) in [7, 11) is -4.00. The number of rotatable bonds is 11. The molecule has 2 rings (SSSR count). The molecule has 0 fully saturated rings. The Morgan fingerprint density at radius 1 is 1.29 bits per heavy atom. The van der Waals surface area contributed by atoms with Crippen molar-refractivity contribution in [1.29, 1.82) is 0 Å². The van der Waals surface area contributed by atoms with Gasteiger partial charge in [-0.3, -0.25) is 15.0 Å². The van der Waals surface area contributed by atoms with Crippen molar-refractivity contribution in [3.8, 4) is 17.6 Å². The van der Waals surface area contributed by atoms with Gasteiger partial charge in [0.2, 0.25) is 10.0 Å². The van der Waals surface area contributed by atoms with Gasteiger partial charge in [-0.25, -0.2) is 13.9 Å². The zero-order valence-corrected chi connectivity index (χ0v) is 18.9. The molecule has 3 N–H and O–H groups in total. The average Bonchev–Trinajstić information content (AvgIpc) is 2.78. The number of thioether (sulfide) groups is 1. The van der Waals surface area contributed by atoms with Gasteiger partial charge >= 0.3 is 0 Å². The number of sulfonamides is 1. The van der Waals surface area contributed by atoms with Crippen LogP contribution >= 0.6 is 11.8 Å². The SMILES string of the molecule is CC#CCOc1ccc(S(=O)(=O)NC(C(=O)NO)C(C)CSCc2cccnc2)cc1. The predicted molar refractivity (Wildman–Crippen MR) is 119 cm³/mol. The number of carbonyl (C=O) groups excluding carboxylic acids is 1. The van der Waals surface area contributed by atoms with Gasteiger partial charge in [0.25, 0.3) is 5.91 Å². The molecule has 10 heteroatoms. The Morgan fingerprint density at radius 2 is 2.03 bits per heavy atom. The number of carbonyl (C=O) groups is 1. The molecule has 1 aromatic carbocycles. The molecule has 0 radical (unpaired) electrons. The number of hydrogen-bond donors (Lipinski definition) is 3. The minimum absolute atomic E-state index is 0.0209. The number of aromatic nitrogens is 1. The minimum Gasteiger partial charge on any atom is -0.481 e. The van der Waals surface area contributed by atoms with Crippen LogP contribution in [0.1, 0.15) is 19.4 Å². The zero-order valence-electron chi connectivity index (χ0n) is 17.2. The van der Waals surface area contributed by atoms with Gasteiger partial charge in [-0.15, -0.1) is 5.92 Å². The standard InChI is InChI=1S/C21H25N3O5S2/c1-3-4-12-29-18-7-9-19(10-8-18)31(27,28)24-20(21(25)23-26)16(2)14-30-15-17-6-5-11-22-13-17/h5-11,13,16,20,24,26H,12,14-15H2,1-2H3,(H,23,25). The Balaban J connectivity index is 2.03. The second kappa shape index (κ2) is 12.3. The number of benzene rings is 1. The van der Waals surface area contributed by atoms with Crippen molar-refractivity contribution in [2.45, 2.75) is 30.5 Å². The summed E-state index contributed by atoms with van der Waals surface area (Å²) < 4.78 is 33.3. The molecule has 0 saturated carbocycles. The van der Waals surface area contributed by atoms with Crippen LogP contribution in [0.3, 0.4) is 0 Å². The lowest BCUT2D eigenvalue weighted by molar-refractivity contribution is -0.131. The third-order valence-electron chi connectivity index (χ3n) is 4.24. The summed E-state index contributed by atoms with van der Waals surface area (Å²) in [5, 5.41) is 9.09. The largest absolute Gasteiger partial charge is 0.481 e. The molecule has 1 heterocycles. The monoisotopic (exact) mass is 463 g/mol. The van der Waals surface area contributed by atoms with E-state index in [2.05, 4.69) is 21.5 Å². The van der Waals surface area contributed by atoms with Crippen LogP contribution in [0, 0.1) is 17.8 Å². The highest BCUT2D eigenvalue weighted by molar-refractivity contribution is 7.98. The summed E-state index contributed by atoms with van der Waals surface area (Å²) in [6.07, 6.45) is 3.44. The van der Waals surface area contributed by atoms with Gasteiger partial charge in [0.1, 0.15) is 18.4 Å². The molecular weight excluding hydrogens is 438 g/mol. The molecule has 2 aromatic rings. The van der Waals surface area contributed by atoms with Crippen molar-refractivity contribution in [2.24, 2.45) is 5.92 Å². The van der Waals surface area contributed by atoms with Crippen LogP contribution in [-0.4, -0.2) is 42.9 Å². The molecule has 0 bridgehead atoms. The Bertz CT molecular complexity index is 1000. The van der Waals surface area contributed by atoms with Crippen LogP contribution in [0.15, 0.2) is 53.7 Å². The normalized spacial score (nSPS) is 12.9. The highest BCUT2D eigenvalue weighted by Gasteiger charge is 2.30. The van der Waals surface area contributed by atoms with E-state index in [0.717, 1.165) is 5.56 Å². The second-order valence-electron chi connectivity index (χ2n) is 6.62. The summed E-state index contributed by atoms with van der Waals surface area (Å²) in [5.74, 6) is 5.87. The molecule has 0 spiro atoms. The molecule has 8 nitrogen and oxygen atoms in total. The quantitative estimate of drug-likeness (QED) is 0.266. The zero-order chi connectivity index (χ0) is 22.7. The van der Waals surface area contributed by atoms with Crippen molar-refractivity contribution >= 4 is 27.7 Å². The molecule has 2 unspecified atom stereocenters. The molecular formula is C21H25N3O5S2. The van der Waals surface area contributed by atoms with E-state index in [9.17, 15) is 13.2 Å². The summed E-state index contributed by atoms with van der Waals surface area (Å²) in [6.45, 7) is 3.64. The van der Waals surface area contributed by atoms with E-state index in [1.54, 1.807) is 31.7 Å². The Morgan fingerprint density at radius 3 is 2.65 bits per heavy atom. The van der Waals surface area contributed by atoms with Crippen molar-refractivity contribution in [1.82, 2.24) is 15.2 Å². The third kappa shape index (κ3) is 7.88. The number of hydrogen-bond acceptors (Lipinski definition) is 7. The van der Waals surface area contributed by atoms with Gasteiger partial charge in [-0.2, -0.15) is 16.5 Å². The van der Waals surface area contributed by atoms with Crippen molar-refractivity contribution in [3.63, 3.8) is 0 Å². The van der Waals surface area contributed by atoms with Gasteiger partial charge in [0.15, 0.2) is 0 Å². The van der Waals surface area contributed by atoms with Crippen molar-refractivity contribution < 1.29 is 23.2 Å². The van der Waals surface area contributed by atoms with Crippen LogP contribution < -0.4 is 14.9 Å². The number of ether oxygens (including phenoxy) is 1. The fraction of sp³-hybridized carbons (Fsp3) is 0.333. The molecule has 1 amide bonds. The highest BCUT2D eigenvalue weighted by Crippen LogP contribution is 2.20. The molecule has 0 aliphatic carbocycles. The first kappa shape index (κ1) is 24.7. The van der Waals surface area contributed by atoms with Crippen molar-refractivity contribution in [3.05, 3.63) is 54.4 Å². The maximum atomic E-state index is 12.8. The molecule has 0 aliphatic heterocycles. The first-order valence-electron chi connectivity index (χ1n) is 9.42. The smallest absolute Gasteiger partial charge is 0.261 e. The maximum absolute atomic E-state index is 12.8. The average molecular weight is 464 g/mol. The van der Waals surface area contributed by atoms with Gasteiger partial charge in [0, 0.05) is 18.1 Å². The molecule has 0 aliphatic rings. The molecule has 31 heavy (non-hydrogen) atoms. The minimum atomic E-state index is -4.00. The van der Waals surface area contributed by atoms with Crippen LogP contribution in [0.4, 0.5) is 0 Å². The number of pyridine rings is 1. The van der Waals surface area contributed by atoms with E-state index in [1.165, 1.54) is 36.0 Å². The van der Waals surface area contributed by atoms with Crippen LogP contribution in [-0.2, 0) is 20.6 Å². The van der Waals surface area contributed by atoms with Gasteiger partial charge in [-0.1, -0.05) is 18.9 Å². The summed E-state index contributed by atoms with van der Waals surface area (Å²) in [5.41, 5.74) is 2.57. The number of hydroxylamine groups is 1. The van der Waals surface area contributed by atoms with E-state index < -0.39 is 22.0 Å². The molecule has 0 saturated heterocycles. The fourth-order valence-electron chi connectivity index (χ4n) is 2.58. The van der Waals surface area contributed by atoms with E-state index in [4.69, 9.17) is 9.94 Å². The number of nitrogens with one attached hydrogen (secondary N) is 2. The Hall–Kier alpha value is -2.58. The summed E-state index contributed by atoms with van der Waals surface area (Å²) in [6, 6.07) is 8.42.